The van der Waals surface area contributed by atoms with Crippen molar-refractivity contribution in [2.75, 3.05) is 19.6 Å². The quantitative estimate of drug-likeness (QED) is 0.596. The molecule has 1 aliphatic heterocycles. The molecule has 1 rings (SSSR count). The smallest absolute Gasteiger partial charge is 0.0289 e. The number of hydrogen-bond acceptors (Lipinski definition) is 2. The molecule has 66 valence electrons. The van der Waals surface area contributed by atoms with Crippen LogP contribution in [-0.2, 0) is 0 Å². The molecule has 0 saturated carbocycles. The van der Waals surface area contributed by atoms with Crippen molar-refractivity contribution in [1.29, 1.82) is 0 Å². The van der Waals surface area contributed by atoms with E-state index in [0.29, 0.717) is 5.54 Å². The van der Waals surface area contributed by atoms with Crippen LogP contribution in [0, 0.1) is 0 Å². The molecule has 1 aliphatic rings. The molecule has 2 heteroatoms. The molecule has 0 bridgehead atoms. The zero-order valence-electron chi connectivity index (χ0n) is 7.74. The van der Waals surface area contributed by atoms with Crippen molar-refractivity contribution in [3.63, 3.8) is 0 Å². The van der Waals surface area contributed by atoms with Gasteiger partial charge < -0.3 is 10.6 Å². The molecular weight excluding hydrogens is 136 g/mol. The van der Waals surface area contributed by atoms with E-state index in [2.05, 4.69) is 24.5 Å². The predicted octanol–water partition coefficient (Wildman–Crippen LogP) is 1.13. The Kier molecular flexibility index (Phi) is 3.34. The summed E-state index contributed by atoms with van der Waals surface area (Å²) in [6.45, 7) is 8.03. The van der Waals surface area contributed by atoms with E-state index in [9.17, 15) is 0 Å². The lowest BCUT2D eigenvalue weighted by Gasteiger charge is -2.24. The SMILES string of the molecule is CCCCNC1(C)CCNC1. The molecule has 0 aromatic rings. The van der Waals surface area contributed by atoms with E-state index in [1.54, 1.807) is 0 Å². The summed E-state index contributed by atoms with van der Waals surface area (Å²) in [5, 5.41) is 6.97. The largest absolute Gasteiger partial charge is 0.315 e. The number of unbranched alkanes of at least 4 members (excludes halogenated alkanes) is 1. The Morgan fingerprint density at radius 1 is 1.55 bits per heavy atom. The molecule has 11 heavy (non-hydrogen) atoms. The molecule has 1 saturated heterocycles. The fourth-order valence-electron chi connectivity index (χ4n) is 1.53. The molecule has 2 nitrogen and oxygen atoms in total. The molecule has 0 aliphatic carbocycles. The van der Waals surface area contributed by atoms with Crippen molar-refractivity contribution in [2.45, 2.75) is 38.6 Å². The monoisotopic (exact) mass is 156 g/mol. The van der Waals surface area contributed by atoms with Crippen molar-refractivity contribution < 1.29 is 0 Å². The number of rotatable bonds is 4. The standard InChI is InChI=1S/C9H20N2/c1-3-4-6-11-9(2)5-7-10-8-9/h10-11H,3-8H2,1-2H3. The summed E-state index contributed by atoms with van der Waals surface area (Å²) < 4.78 is 0. The first-order valence-corrected chi connectivity index (χ1v) is 4.72. The summed E-state index contributed by atoms with van der Waals surface area (Å²) in [5.41, 5.74) is 0.384. The summed E-state index contributed by atoms with van der Waals surface area (Å²) in [7, 11) is 0. The lowest BCUT2D eigenvalue weighted by molar-refractivity contribution is 0.384. The van der Waals surface area contributed by atoms with Gasteiger partial charge >= 0.3 is 0 Å². The van der Waals surface area contributed by atoms with E-state index in [4.69, 9.17) is 0 Å². The van der Waals surface area contributed by atoms with E-state index < -0.39 is 0 Å². The zero-order chi connectivity index (χ0) is 8.16. The van der Waals surface area contributed by atoms with Crippen LogP contribution in [-0.4, -0.2) is 25.2 Å². The second-order valence-electron chi connectivity index (χ2n) is 3.77. The van der Waals surface area contributed by atoms with Gasteiger partial charge in [-0.2, -0.15) is 0 Å². The first-order valence-electron chi connectivity index (χ1n) is 4.72. The molecular formula is C9H20N2. The molecule has 0 radical (unpaired) electrons. The maximum atomic E-state index is 3.60. The summed E-state index contributed by atoms with van der Waals surface area (Å²) in [6.07, 6.45) is 3.86. The predicted molar refractivity (Wildman–Crippen MR) is 48.8 cm³/mol. The van der Waals surface area contributed by atoms with Crippen LogP contribution in [0.4, 0.5) is 0 Å². The summed E-state index contributed by atoms with van der Waals surface area (Å²) in [4.78, 5) is 0. The molecule has 0 aromatic heterocycles. The molecule has 0 spiro atoms. The Bertz CT molecular complexity index is 106. The molecule has 0 aromatic carbocycles. The van der Waals surface area contributed by atoms with E-state index in [-0.39, 0.29) is 0 Å². The van der Waals surface area contributed by atoms with Crippen LogP contribution in [0.2, 0.25) is 0 Å². The number of hydrogen-bond donors (Lipinski definition) is 2. The maximum absolute atomic E-state index is 3.60. The summed E-state index contributed by atoms with van der Waals surface area (Å²) in [6, 6.07) is 0. The summed E-state index contributed by atoms with van der Waals surface area (Å²) >= 11 is 0. The lowest BCUT2D eigenvalue weighted by Crippen LogP contribution is -2.44. The highest BCUT2D eigenvalue weighted by Crippen LogP contribution is 2.12. The minimum absolute atomic E-state index is 0.384. The van der Waals surface area contributed by atoms with E-state index >= 15 is 0 Å². The van der Waals surface area contributed by atoms with Gasteiger partial charge in [0, 0.05) is 12.1 Å². The Balaban J connectivity index is 2.13. The highest BCUT2D eigenvalue weighted by Gasteiger charge is 2.26. The normalized spacial score (nSPS) is 31.1. The first-order chi connectivity index (χ1) is 5.27. The zero-order valence-corrected chi connectivity index (χ0v) is 7.74. The van der Waals surface area contributed by atoms with Gasteiger partial charge in [0.2, 0.25) is 0 Å². The van der Waals surface area contributed by atoms with Crippen LogP contribution < -0.4 is 10.6 Å². The van der Waals surface area contributed by atoms with Gasteiger partial charge in [-0.25, -0.2) is 0 Å². The molecule has 0 amide bonds. The van der Waals surface area contributed by atoms with Crippen LogP contribution in [0.3, 0.4) is 0 Å². The van der Waals surface area contributed by atoms with Gasteiger partial charge in [-0.05, 0) is 32.9 Å². The van der Waals surface area contributed by atoms with Crippen LogP contribution in [0.1, 0.15) is 33.1 Å². The van der Waals surface area contributed by atoms with Gasteiger partial charge in [-0.15, -0.1) is 0 Å². The van der Waals surface area contributed by atoms with Gasteiger partial charge in [0.05, 0.1) is 0 Å². The Hall–Kier alpha value is -0.0800. The van der Waals surface area contributed by atoms with E-state index in [1.807, 2.05) is 0 Å². The van der Waals surface area contributed by atoms with E-state index in [1.165, 1.54) is 32.4 Å². The Labute approximate surface area is 69.8 Å². The Morgan fingerprint density at radius 3 is 2.91 bits per heavy atom. The fraction of sp³-hybridized carbons (Fsp3) is 1.00. The van der Waals surface area contributed by atoms with Gasteiger partial charge in [0.1, 0.15) is 0 Å². The number of nitrogens with one attached hydrogen (secondary N) is 2. The average Bonchev–Trinajstić information content (AvgIpc) is 2.38. The first kappa shape index (κ1) is 9.01. The van der Waals surface area contributed by atoms with Gasteiger partial charge in [0.15, 0.2) is 0 Å². The fourth-order valence-corrected chi connectivity index (χ4v) is 1.53. The maximum Gasteiger partial charge on any atom is 0.0289 e. The van der Waals surface area contributed by atoms with Crippen LogP contribution in [0.25, 0.3) is 0 Å². The third kappa shape index (κ3) is 2.80. The topological polar surface area (TPSA) is 24.1 Å². The highest BCUT2D eigenvalue weighted by atomic mass is 15.1. The molecule has 1 fully saturated rings. The van der Waals surface area contributed by atoms with Crippen LogP contribution in [0.15, 0.2) is 0 Å². The molecule has 1 unspecified atom stereocenters. The average molecular weight is 156 g/mol. The van der Waals surface area contributed by atoms with Gasteiger partial charge in [-0.3, -0.25) is 0 Å². The third-order valence-electron chi connectivity index (χ3n) is 2.45. The molecule has 1 heterocycles. The second-order valence-corrected chi connectivity index (χ2v) is 3.77. The molecule has 2 N–H and O–H groups in total. The second kappa shape index (κ2) is 4.07. The van der Waals surface area contributed by atoms with Crippen molar-refractivity contribution in [2.24, 2.45) is 0 Å². The van der Waals surface area contributed by atoms with E-state index in [0.717, 1.165) is 6.54 Å². The highest BCUT2D eigenvalue weighted by molar-refractivity contribution is 4.91. The summed E-state index contributed by atoms with van der Waals surface area (Å²) in [5.74, 6) is 0. The van der Waals surface area contributed by atoms with Crippen molar-refractivity contribution in [3.05, 3.63) is 0 Å². The van der Waals surface area contributed by atoms with Crippen molar-refractivity contribution in [1.82, 2.24) is 10.6 Å². The van der Waals surface area contributed by atoms with Crippen LogP contribution in [0.5, 0.6) is 0 Å². The van der Waals surface area contributed by atoms with Gasteiger partial charge in [0.25, 0.3) is 0 Å². The lowest BCUT2D eigenvalue weighted by atomic mass is 10.0. The minimum Gasteiger partial charge on any atom is -0.315 e. The molecule has 1 atom stereocenters. The van der Waals surface area contributed by atoms with Gasteiger partial charge in [-0.1, -0.05) is 13.3 Å². The third-order valence-corrected chi connectivity index (χ3v) is 2.45. The van der Waals surface area contributed by atoms with Crippen molar-refractivity contribution in [3.8, 4) is 0 Å². The van der Waals surface area contributed by atoms with Crippen LogP contribution >= 0.6 is 0 Å². The minimum atomic E-state index is 0.384. The van der Waals surface area contributed by atoms with Crippen molar-refractivity contribution >= 4 is 0 Å². The Morgan fingerprint density at radius 2 is 2.36 bits per heavy atom.